The molecule has 3 rings (SSSR count). The molecule has 3 N–H and O–H groups in total. The van der Waals surface area contributed by atoms with Crippen molar-refractivity contribution in [1.29, 1.82) is 0 Å². The summed E-state index contributed by atoms with van der Waals surface area (Å²) in [6.45, 7) is 0.557. The first-order valence-electron chi connectivity index (χ1n) is 6.12. The Morgan fingerprint density at radius 2 is 1.95 bits per heavy atom. The number of fused-ring (bicyclic) bond motifs is 1. The molecule has 0 bridgehead atoms. The summed E-state index contributed by atoms with van der Waals surface area (Å²) in [5, 5.41) is 18.6. The van der Waals surface area contributed by atoms with E-state index in [1.165, 1.54) is 6.33 Å². The molecule has 20 heavy (non-hydrogen) atoms. The molecule has 0 aliphatic heterocycles. The van der Waals surface area contributed by atoms with Gasteiger partial charge in [-0.1, -0.05) is 24.3 Å². The van der Waals surface area contributed by atoms with Gasteiger partial charge in [-0.2, -0.15) is 0 Å². The van der Waals surface area contributed by atoms with Crippen molar-refractivity contribution >= 4 is 23.6 Å². The van der Waals surface area contributed by atoms with Gasteiger partial charge in [0, 0.05) is 12.7 Å². The Hall–Kier alpha value is -2.38. The van der Waals surface area contributed by atoms with E-state index in [2.05, 4.69) is 9.97 Å². The third-order valence-electron chi connectivity index (χ3n) is 3.19. The molecule has 0 saturated carbocycles. The van der Waals surface area contributed by atoms with Crippen molar-refractivity contribution in [3.05, 3.63) is 58.8 Å². The maximum absolute atomic E-state index is 11.6. The molecule has 7 heteroatoms. The second kappa shape index (κ2) is 4.95. The number of benzene rings is 1. The fourth-order valence-electron chi connectivity index (χ4n) is 2.13. The van der Waals surface area contributed by atoms with E-state index < -0.39 is 7.12 Å². The van der Waals surface area contributed by atoms with Crippen LogP contribution in [0.5, 0.6) is 0 Å². The molecule has 3 aromatic rings. The molecule has 0 aliphatic carbocycles. The number of rotatable bonds is 3. The summed E-state index contributed by atoms with van der Waals surface area (Å²) in [6, 6.07) is 8.67. The second-order valence-electron chi connectivity index (χ2n) is 4.53. The van der Waals surface area contributed by atoms with Crippen molar-refractivity contribution in [3.63, 3.8) is 0 Å². The molecule has 2 heterocycles. The molecular weight excluding hydrogens is 257 g/mol. The minimum atomic E-state index is -1.46. The normalized spacial score (nSPS) is 10.9. The molecule has 100 valence electrons. The van der Waals surface area contributed by atoms with Crippen molar-refractivity contribution < 1.29 is 10.0 Å². The SMILES string of the molecule is O=c1[nH]cnc2c1ccn2Cc1ccc(B(O)O)cc1. The molecule has 0 aliphatic rings. The number of H-pyrrole nitrogens is 1. The number of nitrogens with zero attached hydrogens (tertiary/aromatic N) is 2. The van der Waals surface area contributed by atoms with E-state index in [9.17, 15) is 4.79 Å². The van der Waals surface area contributed by atoms with Crippen LogP contribution in [0.3, 0.4) is 0 Å². The average molecular weight is 269 g/mol. The Morgan fingerprint density at radius 3 is 2.65 bits per heavy atom. The lowest BCUT2D eigenvalue weighted by atomic mass is 9.80. The van der Waals surface area contributed by atoms with Crippen molar-refractivity contribution in [2.75, 3.05) is 0 Å². The van der Waals surface area contributed by atoms with E-state index in [1.54, 1.807) is 18.2 Å². The Morgan fingerprint density at radius 1 is 1.20 bits per heavy atom. The number of hydrogen-bond acceptors (Lipinski definition) is 4. The van der Waals surface area contributed by atoms with Crippen LogP contribution in [0, 0.1) is 0 Å². The van der Waals surface area contributed by atoms with Gasteiger partial charge in [-0.3, -0.25) is 4.79 Å². The monoisotopic (exact) mass is 269 g/mol. The number of nitrogens with one attached hydrogen (secondary N) is 1. The van der Waals surface area contributed by atoms with Crippen molar-refractivity contribution in [1.82, 2.24) is 14.5 Å². The fourth-order valence-corrected chi connectivity index (χ4v) is 2.13. The summed E-state index contributed by atoms with van der Waals surface area (Å²) in [5.41, 5.74) is 1.89. The van der Waals surface area contributed by atoms with Crippen LogP contribution >= 0.6 is 0 Å². The zero-order valence-electron chi connectivity index (χ0n) is 10.5. The van der Waals surface area contributed by atoms with Gasteiger partial charge in [0.15, 0.2) is 0 Å². The van der Waals surface area contributed by atoms with Crippen molar-refractivity contribution in [3.8, 4) is 0 Å². The smallest absolute Gasteiger partial charge is 0.423 e. The van der Waals surface area contributed by atoms with Gasteiger partial charge in [0.25, 0.3) is 5.56 Å². The maximum atomic E-state index is 11.6. The number of aromatic nitrogens is 3. The standard InChI is InChI=1S/C13H12BN3O3/c18-13-11-5-6-17(12(11)15-8-16-13)7-9-1-3-10(4-2-9)14(19)20/h1-6,8,19-20H,7H2,(H,15,16,18). The highest BCUT2D eigenvalue weighted by molar-refractivity contribution is 6.58. The van der Waals surface area contributed by atoms with Crippen LogP contribution in [-0.2, 0) is 6.54 Å². The third kappa shape index (κ3) is 2.24. The lowest BCUT2D eigenvalue weighted by Crippen LogP contribution is -2.29. The van der Waals surface area contributed by atoms with Gasteiger partial charge < -0.3 is 19.6 Å². The van der Waals surface area contributed by atoms with Crippen LogP contribution in [0.25, 0.3) is 11.0 Å². The van der Waals surface area contributed by atoms with Crippen molar-refractivity contribution in [2.24, 2.45) is 0 Å². The molecule has 6 nitrogen and oxygen atoms in total. The van der Waals surface area contributed by atoms with Gasteiger partial charge in [0.05, 0.1) is 11.7 Å². The molecule has 2 aromatic heterocycles. The average Bonchev–Trinajstić information content (AvgIpc) is 2.84. The van der Waals surface area contributed by atoms with E-state index in [1.807, 2.05) is 22.9 Å². The van der Waals surface area contributed by atoms with Crippen LogP contribution < -0.4 is 11.0 Å². The molecule has 0 fully saturated rings. The van der Waals surface area contributed by atoms with Gasteiger partial charge in [-0.25, -0.2) is 4.98 Å². The molecular formula is C13H12BN3O3. The Bertz CT molecular complexity index is 792. The summed E-state index contributed by atoms with van der Waals surface area (Å²) in [5.74, 6) is 0. The Balaban J connectivity index is 1.93. The zero-order valence-corrected chi connectivity index (χ0v) is 10.5. The van der Waals surface area contributed by atoms with Crippen molar-refractivity contribution in [2.45, 2.75) is 6.54 Å². The Kier molecular flexibility index (Phi) is 3.13. The quantitative estimate of drug-likeness (QED) is 0.556. The zero-order chi connectivity index (χ0) is 14.1. The van der Waals surface area contributed by atoms with E-state index >= 15 is 0 Å². The largest absolute Gasteiger partial charge is 0.488 e. The topological polar surface area (TPSA) is 91.1 Å². The van der Waals surface area contributed by atoms with Gasteiger partial charge in [-0.15, -0.1) is 0 Å². The molecule has 0 amide bonds. The minimum absolute atomic E-state index is 0.160. The van der Waals surface area contributed by atoms with Gasteiger partial charge >= 0.3 is 7.12 Å². The maximum Gasteiger partial charge on any atom is 0.488 e. The van der Waals surface area contributed by atoms with Crippen LogP contribution in [0.2, 0.25) is 0 Å². The van der Waals surface area contributed by atoms with Gasteiger partial charge in [-0.05, 0) is 17.1 Å². The highest BCUT2D eigenvalue weighted by Crippen LogP contribution is 2.10. The predicted octanol–water partition coefficient (Wildman–Crippen LogP) is -0.547. The molecule has 0 spiro atoms. The highest BCUT2D eigenvalue weighted by Gasteiger charge is 2.10. The second-order valence-corrected chi connectivity index (χ2v) is 4.53. The molecule has 1 aromatic carbocycles. The van der Waals surface area contributed by atoms with E-state index in [4.69, 9.17) is 10.0 Å². The minimum Gasteiger partial charge on any atom is -0.423 e. The highest BCUT2D eigenvalue weighted by atomic mass is 16.4. The molecule has 0 radical (unpaired) electrons. The van der Waals surface area contributed by atoms with Gasteiger partial charge in [0.2, 0.25) is 0 Å². The van der Waals surface area contributed by atoms with E-state index in [-0.39, 0.29) is 5.56 Å². The summed E-state index contributed by atoms with van der Waals surface area (Å²) >= 11 is 0. The Labute approximate surface area is 114 Å². The molecule has 0 atom stereocenters. The van der Waals surface area contributed by atoms with Crippen LogP contribution in [0.15, 0.2) is 47.7 Å². The first-order valence-corrected chi connectivity index (χ1v) is 6.12. The predicted molar refractivity (Wildman–Crippen MR) is 75.7 cm³/mol. The van der Waals surface area contributed by atoms with Crippen LogP contribution in [0.4, 0.5) is 0 Å². The molecule has 0 unspecified atom stereocenters. The lowest BCUT2D eigenvalue weighted by Gasteiger charge is -2.06. The fraction of sp³-hybridized carbons (Fsp3) is 0.0769. The summed E-state index contributed by atoms with van der Waals surface area (Å²) in [7, 11) is -1.46. The van der Waals surface area contributed by atoms with Gasteiger partial charge in [0.1, 0.15) is 5.65 Å². The third-order valence-corrected chi connectivity index (χ3v) is 3.19. The first-order chi connectivity index (χ1) is 9.65. The summed E-state index contributed by atoms with van der Waals surface area (Å²) in [4.78, 5) is 18.3. The number of aromatic amines is 1. The van der Waals surface area contributed by atoms with Crippen LogP contribution in [-0.4, -0.2) is 31.7 Å². The van der Waals surface area contributed by atoms with E-state index in [0.717, 1.165) is 5.56 Å². The lowest BCUT2D eigenvalue weighted by molar-refractivity contribution is 0.426. The first kappa shape index (κ1) is 12.6. The van der Waals surface area contributed by atoms with E-state index in [0.29, 0.717) is 23.0 Å². The summed E-state index contributed by atoms with van der Waals surface area (Å²) < 4.78 is 1.87. The summed E-state index contributed by atoms with van der Waals surface area (Å²) in [6.07, 6.45) is 3.19. The number of hydrogen-bond donors (Lipinski definition) is 3. The van der Waals surface area contributed by atoms with Crippen LogP contribution in [0.1, 0.15) is 5.56 Å². The molecule has 0 saturated heterocycles.